The van der Waals surface area contributed by atoms with E-state index in [-0.39, 0.29) is 24.0 Å². The molecule has 0 spiro atoms. The van der Waals surface area contributed by atoms with Crippen molar-refractivity contribution >= 4 is 41.5 Å². The topological polar surface area (TPSA) is 41.6 Å². The van der Waals surface area contributed by atoms with Gasteiger partial charge in [-0.3, -0.25) is 4.99 Å². The molecule has 19 heavy (non-hydrogen) atoms. The number of aliphatic imine (C=N–C) groups is 1. The quantitative estimate of drug-likeness (QED) is 0.361. The average Bonchev–Trinajstić information content (AvgIpc) is 3.20. The van der Waals surface area contributed by atoms with Gasteiger partial charge in [0, 0.05) is 24.7 Å². The fourth-order valence-electron chi connectivity index (χ4n) is 1.89. The van der Waals surface area contributed by atoms with Crippen LogP contribution in [-0.4, -0.2) is 30.5 Å². The van der Waals surface area contributed by atoms with Crippen LogP contribution < -0.4 is 5.73 Å². The fourth-order valence-corrected chi connectivity index (χ4v) is 2.01. The molecule has 0 aromatic heterocycles. The first-order valence-corrected chi connectivity index (χ1v) is 6.82. The largest absolute Gasteiger partial charge is 0.370 e. The number of nitrogens with zero attached hydrogens (tertiary/aromatic N) is 2. The molecular formula is C14H21ClIN3. The number of rotatable bonds is 5. The third-order valence-electron chi connectivity index (χ3n) is 3.27. The number of benzene rings is 1. The van der Waals surface area contributed by atoms with Gasteiger partial charge in [-0.05, 0) is 43.4 Å². The molecule has 0 atom stereocenters. The van der Waals surface area contributed by atoms with Gasteiger partial charge in [0.15, 0.2) is 5.96 Å². The number of hydrogen-bond donors (Lipinski definition) is 1. The van der Waals surface area contributed by atoms with Crippen LogP contribution in [0.2, 0.25) is 5.02 Å². The van der Waals surface area contributed by atoms with Crippen LogP contribution in [0.1, 0.15) is 24.8 Å². The van der Waals surface area contributed by atoms with Crippen molar-refractivity contribution in [1.29, 1.82) is 0 Å². The van der Waals surface area contributed by atoms with Gasteiger partial charge >= 0.3 is 0 Å². The van der Waals surface area contributed by atoms with Gasteiger partial charge in [0.05, 0.1) is 0 Å². The lowest BCUT2D eigenvalue weighted by molar-refractivity contribution is 0.487. The molecule has 1 aromatic carbocycles. The second kappa shape index (κ2) is 7.94. The second-order valence-electron chi connectivity index (χ2n) is 4.81. The molecule has 0 bridgehead atoms. The van der Waals surface area contributed by atoms with Crippen LogP contribution in [0.3, 0.4) is 0 Å². The summed E-state index contributed by atoms with van der Waals surface area (Å²) in [5.74, 6) is 0.675. The first-order valence-electron chi connectivity index (χ1n) is 6.44. The van der Waals surface area contributed by atoms with E-state index in [1.807, 2.05) is 19.2 Å². The summed E-state index contributed by atoms with van der Waals surface area (Å²) >= 11 is 5.84. The number of nitrogens with two attached hydrogens (primary N) is 1. The predicted octanol–water partition coefficient (Wildman–Crippen LogP) is 3.30. The van der Waals surface area contributed by atoms with E-state index in [4.69, 9.17) is 17.3 Å². The standard InChI is InChI=1S/C14H20ClN3.HI/c1-18(13-8-9-13)14(16)17-10-2-3-11-4-6-12(15)7-5-11;/h4-7,13H,2-3,8-10H2,1H3,(H2,16,17);1H. The monoisotopic (exact) mass is 393 g/mol. The van der Waals surface area contributed by atoms with Crippen LogP contribution in [-0.2, 0) is 6.42 Å². The Balaban J connectivity index is 0.00000180. The van der Waals surface area contributed by atoms with E-state index < -0.39 is 0 Å². The van der Waals surface area contributed by atoms with Gasteiger partial charge in [-0.15, -0.1) is 24.0 Å². The maximum atomic E-state index is 5.92. The summed E-state index contributed by atoms with van der Waals surface area (Å²) in [4.78, 5) is 6.50. The van der Waals surface area contributed by atoms with E-state index in [1.54, 1.807) is 0 Å². The molecule has 1 aliphatic rings. The SMILES string of the molecule is CN(C(N)=NCCCc1ccc(Cl)cc1)C1CC1.I. The Kier molecular flexibility index (Phi) is 6.93. The molecule has 0 amide bonds. The van der Waals surface area contributed by atoms with Crippen molar-refractivity contribution in [3.8, 4) is 0 Å². The molecule has 0 unspecified atom stereocenters. The lowest BCUT2D eigenvalue weighted by Crippen LogP contribution is -2.35. The smallest absolute Gasteiger partial charge is 0.191 e. The fraction of sp³-hybridized carbons (Fsp3) is 0.500. The van der Waals surface area contributed by atoms with E-state index in [2.05, 4.69) is 22.0 Å². The lowest BCUT2D eigenvalue weighted by atomic mass is 10.1. The average molecular weight is 394 g/mol. The minimum absolute atomic E-state index is 0. The Bertz CT molecular complexity index is 415. The van der Waals surface area contributed by atoms with Gasteiger partial charge in [0.25, 0.3) is 0 Å². The van der Waals surface area contributed by atoms with E-state index in [9.17, 15) is 0 Å². The van der Waals surface area contributed by atoms with Crippen molar-refractivity contribution in [3.63, 3.8) is 0 Å². The predicted molar refractivity (Wildman–Crippen MR) is 92.5 cm³/mol. The molecule has 3 nitrogen and oxygen atoms in total. The molecule has 2 N–H and O–H groups in total. The van der Waals surface area contributed by atoms with Crippen LogP contribution in [0.15, 0.2) is 29.3 Å². The molecule has 1 fully saturated rings. The van der Waals surface area contributed by atoms with Crippen molar-refractivity contribution in [2.45, 2.75) is 31.7 Å². The molecule has 1 aliphatic carbocycles. The molecule has 106 valence electrons. The summed E-state index contributed by atoms with van der Waals surface area (Å²) in [6.07, 6.45) is 4.52. The third kappa shape index (κ3) is 5.57. The molecule has 0 saturated heterocycles. The summed E-state index contributed by atoms with van der Waals surface area (Å²) < 4.78 is 0. The molecule has 0 heterocycles. The maximum Gasteiger partial charge on any atom is 0.191 e. The van der Waals surface area contributed by atoms with Crippen molar-refractivity contribution in [2.75, 3.05) is 13.6 Å². The summed E-state index contributed by atoms with van der Waals surface area (Å²) in [5.41, 5.74) is 7.21. The zero-order valence-corrected chi connectivity index (χ0v) is 14.3. The van der Waals surface area contributed by atoms with Gasteiger partial charge in [-0.2, -0.15) is 0 Å². The second-order valence-corrected chi connectivity index (χ2v) is 5.25. The highest BCUT2D eigenvalue weighted by molar-refractivity contribution is 14.0. The summed E-state index contributed by atoms with van der Waals surface area (Å²) in [6.45, 7) is 0.783. The Hall–Kier alpha value is -0.490. The van der Waals surface area contributed by atoms with Gasteiger partial charge < -0.3 is 10.6 Å². The van der Waals surface area contributed by atoms with Gasteiger partial charge in [-0.25, -0.2) is 0 Å². The highest BCUT2D eigenvalue weighted by Gasteiger charge is 2.27. The number of guanidine groups is 1. The molecule has 1 aromatic rings. The summed E-state index contributed by atoms with van der Waals surface area (Å²) in [6, 6.07) is 8.60. The number of hydrogen-bond acceptors (Lipinski definition) is 1. The van der Waals surface area contributed by atoms with E-state index in [1.165, 1.54) is 18.4 Å². The van der Waals surface area contributed by atoms with Crippen LogP contribution in [0.4, 0.5) is 0 Å². The lowest BCUT2D eigenvalue weighted by Gasteiger charge is -2.16. The normalized spacial score (nSPS) is 14.9. The highest BCUT2D eigenvalue weighted by Crippen LogP contribution is 2.24. The van der Waals surface area contributed by atoms with Crippen molar-refractivity contribution in [3.05, 3.63) is 34.9 Å². The maximum absolute atomic E-state index is 5.92. The Morgan fingerprint density at radius 2 is 2.00 bits per heavy atom. The van der Waals surface area contributed by atoms with Gasteiger partial charge in [0.1, 0.15) is 0 Å². The van der Waals surface area contributed by atoms with E-state index in [0.717, 1.165) is 24.4 Å². The first-order chi connectivity index (χ1) is 8.66. The molecule has 2 rings (SSSR count). The van der Waals surface area contributed by atoms with Gasteiger partial charge in [0.2, 0.25) is 0 Å². The molecular weight excluding hydrogens is 373 g/mol. The van der Waals surface area contributed by atoms with E-state index >= 15 is 0 Å². The van der Waals surface area contributed by atoms with E-state index in [0.29, 0.717) is 12.0 Å². The zero-order chi connectivity index (χ0) is 13.0. The molecule has 5 heteroatoms. The zero-order valence-electron chi connectivity index (χ0n) is 11.2. The summed E-state index contributed by atoms with van der Waals surface area (Å²) in [7, 11) is 2.02. The van der Waals surface area contributed by atoms with Crippen LogP contribution in [0.25, 0.3) is 0 Å². The first kappa shape index (κ1) is 16.6. The van der Waals surface area contributed by atoms with Crippen molar-refractivity contribution in [2.24, 2.45) is 10.7 Å². The molecule has 0 aliphatic heterocycles. The van der Waals surface area contributed by atoms with Crippen LogP contribution in [0.5, 0.6) is 0 Å². The highest BCUT2D eigenvalue weighted by atomic mass is 127. The Morgan fingerprint density at radius 3 is 2.58 bits per heavy atom. The minimum Gasteiger partial charge on any atom is -0.370 e. The molecule has 1 saturated carbocycles. The van der Waals surface area contributed by atoms with Crippen LogP contribution >= 0.6 is 35.6 Å². The minimum atomic E-state index is 0. The van der Waals surface area contributed by atoms with Gasteiger partial charge in [-0.1, -0.05) is 23.7 Å². The van der Waals surface area contributed by atoms with Crippen molar-refractivity contribution < 1.29 is 0 Å². The molecule has 0 radical (unpaired) electrons. The van der Waals surface area contributed by atoms with Crippen molar-refractivity contribution in [1.82, 2.24) is 4.90 Å². The van der Waals surface area contributed by atoms with Crippen LogP contribution in [0, 0.1) is 0 Å². The number of aryl methyl sites for hydroxylation is 1. The Labute approximate surface area is 137 Å². The summed E-state index contributed by atoms with van der Waals surface area (Å²) in [5, 5.41) is 0.784. The third-order valence-corrected chi connectivity index (χ3v) is 3.52. The Morgan fingerprint density at radius 1 is 1.37 bits per heavy atom. The number of halogens is 2.